The topological polar surface area (TPSA) is 93.8 Å². The monoisotopic (exact) mass is 520 g/mol. The standard InChI is InChI=1S/C27H30F2O6S/c1-14-9-17-16-7-6-15-10-19(30)18(29)11-25(15,2)22(16)20(31)12-26(17,3)27(14,24(33)36-13-28)35-23(32)21-5-4-8-34-21/h4-5,8,10-11,14,16-17,20,22,31H,6-7,9,12-13H2,1-3H3/t14?,16-,17-,20-,22+,25-,26-,27-/m0/s1. The maximum atomic E-state index is 14.5. The fraction of sp³-hybridized carbons (Fsp3) is 0.593. The van der Waals surface area contributed by atoms with E-state index in [-0.39, 0.29) is 29.9 Å². The molecule has 0 aliphatic heterocycles. The van der Waals surface area contributed by atoms with Crippen molar-refractivity contribution in [2.24, 2.45) is 34.5 Å². The Morgan fingerprint density at radius 3 is 2.75 bits per heavy atom. The van der Waals surface area contributed by atoms with Gasteiger partial charge in [0.2, 0.25) is 16.7 Å². The van der Waals surface area contributed by atoms with Crippen LogP contribution in [0.3, 0.4) is 0 Å². The van der Waals surface area contributed by atoms with Gasteiger partial charge in [0, 0.05) is 22.7 Å². The summed E-state index contributed by atoms with van der Waals surface area (Å²) in [5.74, 6) is -3.43. The fourth-order valence-electron chi connectivity index (χ4n) is 8.14. The maximum absolute atomic E-state index is 14.5. The van der Waals surface area contributed by atoms with E-state index in [2.05, 4.69) is 0 Å². The van der Waals surface area contributed by atoms with Crippen LogP contribution < -0.4 is 0 Å². The van der Waals surface area contributed by atoms with Crippen LogP contribution in [0.25, 0.3) is 0 Å². The Morgan fingerprint density at radius 1 is 1.33 bits per heavy atom. The van der Waals surface area contributed by atoms with Gasteiger partial charge in [0.1, 0.15) is 6.01 Å². The molecule has 194 valence electrons. The van der Waals surface area contributed by atoms with Gasteiger partial charge in [-0.2, -0.15) is 0 Å². The van der Waals surface area contributed by atoms with Crippen molar-refractivity contribution in [3.05, 3.63) is 47.7 Å². The van der Waals surface area contributed by atoms with Gasteiger partial charge < -0.3 is 14.3 Å². The average Bonchev–Trinajstić information content (AvgIpc) is 3.41. The summed E-state index contributed by atoms with van der Waals surface area (Å²) < 4.78 is 39.2. The predicted molar refractivity (Wildman–Crippen MR) is 128 cm³/mol. The first-order valence-corrected chi connectivity index (χ1v) is 13.3. The number of allylic oxidation sites excluding steroid dienone is 4. The fourth-order valence-corrected chi connectivity index (χ4v) is 8.93. The number of hydrogen-bond acceptors (Lipinski definition) is 7. The Labute approximate surface area is 212 Å². The van der Waals surface area contributed by atoms with Crippen LogP contribution in [0.1, 0.15) is 57.0 Å². The summed E-state index contributed by atoms with van der Waals surface area (Å²) in [6.45, 7) is 5.53. The number of hydrogen-bond donors (Lipinski definition) is 1. The molecule has 0 radical (unpaired) electrons. The smallest absolute Gasteiger partial charge is 0.375 e. The molecule has 0 saturated heterocycles. The van der Waals surface area contributed by atoms with Crippen molar-refractivity contribution in [1.82, 2.24) is 0 Å². The molecule has 36 heavy (non-hydrogen) atoms. The number of esters is 1. The minimum Gasteiger partial charge on any atom is -0.457 e. The van der Waals surface area contributed by atoms with Crippen LogP contribution >= 0.6 is 11.8 Å². The van der Waals surface area contributed by atoms with Gasteiger partial charge >= 0.3 is 5.97 Å². The molecule has 0 amide bonds. The number of halogens is 2. The Morgan fingerprint density at radius 2 is 2.08 bits per heavy atom. The van der Waals surface area contributed by atoms with Crippen molar-refractivity contribution in [2.45, 2.75) is 58.2 Å². The van der Waals surface area contributed by atoms with E-state index in [0.717, 1.165) is 5.57 Å². The van der Waals surface area contributed by atoms with Gasteiger partial charge in [0.05, 0.1) is 12.4 Å². The zero-order chi connectivity index (χ0) is 26.0. The first-order valence-electron chi connectivity index (χ1n) is 12.3. The summed E-state index contributed by atoms with van der Waals surface area (Å²) in [4.78, 5) is 38.7. The normalized spacial score (nSPS) is 41.5. The Hall–Kier alpha value is -2.26. The van der Waals surface area contributed by atoms with E-state index >= 15 is 0 Å². The Balaban J connectivity index is 1.58. The number of carbonyl (C=O) groups is 3. The third-order valence-electron chi connectivity index (χ3n) is 9.56. The van der Waals surface area contributed by atoms with Gasteiger partial charge in [-0.15, -0.1) is 0 Å². The summed E-state index contributed by atoms with van der Waals surface area (Å²) in [5, 5.41) is 11.0. The van der Waals surface area contributed by atoms with E-state index in [1.54, 1.807) is 0 Å². The van der Waals surface area contributed by atoms with E-state index in [9.17, 15) is 28.3 Å². The van der Waals surface area contributed by atoms with Crippen molar-refractivity contribution >= 4 is 28.6 Å². The van der Waals surface area contributed by atoms with Crippen LogP contribution in [0.5, 0.6) is 0 Å². The van der Waals surface area contributed by atoms with Crippen molar-refractivity contribution in [2.75, 3.05) is 6.01 Å². The SMILES string of the molecule is CC1C[C@H]2[C@@H]3CCC4=CC(=O)C(F)=C[C@]4(C)[C@H]3[C@@H](O)C[C@]2(C)[C@@]1(OC(=O)c1ccco1)C(=O)SCF. The van der Waals surface area contributed by atoms with Crippen LogP contribution in [0.4, 0.5) is 8.78 Å². The van der Waals surface area contributed by atoms with Crippen molar-refractivity contribution in [3.8, 4) is 0 Å². The minimum absolute atomic E-state index is 0.0617. The van der Waals surface area contributed by atoms with E-state index < -0.39 is 57.2 Å². The second-order valence-electron chi connectivity index (χ2n) is 11.1. The number of carbonyl (C=O) groups excluding carboxylic acids is 3. The molecule has 8 atom stereocenters. The molecule has 0 bridgehead atoms. The predicted octanol–water partition coefficient (Wildman–Crippen LogP) is 5.18. The quantitative estimate of drug-likeness (QED) is 0.547. The third-order valence-corrected chi connectivity index (χ3v) is 10.2. The molecule has 0 aromatic carbocycles. The molecule has 5 rings (SSSR count). The highest BCUT2D eigenvalue weighted by Crippen LogP contribution is 2.69. The lowest BCUT2D eigenvalue weighted by molar-refractivity contribution is -0.177. The summed E-state index contributed by atoms with van der Waals surface area (Å²) in [6, 6.07) is 2.01. The Bertz CT molecular complexity index is 1160. The van der Waals surface area contributed by atoms with Gasteiger partial charge in [-0.05, 0) is 73.6 Å². The number of fused-ring (bicyclic) bond motifs is 5. The molecule has 6 nitrogen and oxygen atoms in total. The van der Waals surface area contributed by atoms with Gasteiger partial charge in [-0.3, -0.25) is 9.59 Å². The van der Waals surface area contributed by atoms with Crippen molar-refractivity contribution < 1.29 is 37.4 Å². The molecule has 1 aromatic heterocycles. The van der Waals surface area contributed by atoms with Crippen LogP contribution in [-0.4, -0.2) is 39.7 Å². The highest BCUT2D eigenvalue weighted by molar-refractivity contribution is 8.13. The molecule has 1 heterocycles. The van der Waals surface area contributed by atoms with Gasteiger partial charge in [0.25, 0.3) is 0 Å². The second-order valence-corrected chi connectivity index (χ2v) is 12.0. The number of alkyl halides is 1. The number of thioether (sulfide) groups is 1. The first kappa shape index (κ1) is 25.4. The molecule has 1 unspecified atom stereocenters. The van der Waals surface area contributed by atoms with E-state index in [1.807, 2.05) is 20.8 Å². The van der Waals surface area contributed by atoms with Gasteiger partial charge in [0.15, 0.2) is 11.4 Å². The van der Waals surface area contributed by atoms with Crippen LogP contribution in [-0.2, 0) is 14.3 Å². The number of aliphatic hydroxyl groups excluding tert-OH is 1. The number of furan rings is 1. The summed E-state index contributed by atoms with van der Waals surface area (Å²) in [7, 11) is 0. The number of ether oxygens (including phenoxy) is 1. The number of aliphatic hydroxyl groups is 1. The molecule has 3 saturated carbocycles. The largest absolute Gasteiger partial charge is 0.457 e. The zero-order valence-corrected chi connectivity index (χ0v) is 21.3. The maximum Gasteiger partial charge on any atom is 0.375 e. The number of ketones is 1. The lowest BCUT2D eigenvalue weighted by Crippen LogP contribution is -2.63. The summed E-state index contributed by atoms with van der Waals surface area (Å²) in [6.07, 6.45) is 4.92. The first-order chi connectivity index (χ1) is 17.0. The summed E-state index contributed by atoms with van der Waals surface area (Å²) in [5.41, 5.74) is -2.69. The van der Waals surface area contributed by atoms with Gasteiger partial charge in [-0.25, -0.2) is 13.6 Å². The molecule has 0 spiro atoms. The van der Waals surface area contributed by atoms with Gasteiger partial charge in [-0.1, -0.05) is 26.3 Å². The molecule has 1 aromatic rings. The van der Waals surface area contributed by atoms with E-state index in [0.29, 0.717) is 31.0 Å². The van der Waals surface area contributed by atoms with Crippen LogP contribution in [0, 0.1) is 34.5 Å². The average molecular weight is 521 g/mol. The molecule has 1 N–H and O–H groups in total. The molecule has 3 fully saturated rings. The summed E-state index contributed by atoms with van der Waals surface area (Å²) >= 11 is 0.472. The molecular formula is C27H30F2O6S. The third kappa shape index (κ3) is 3.34. The van der Waals surface area contributed by atoms with E-state index in [4.69, 9.17) is 9.15 Å². The highest BCUT2D eigenvalue weighted by atomic mass is 32.2. The molecular weight excluding hydrogens is 490 g/mol. The highest BCUT2D eigenvalue weighted by Gasteiger charge is 2.73. The Kier molecular flexibility index (Phi) is 6.10. The van der Waals surface area contributed by atoms with Crippen LogP contribution in [0.15, 0.2) is 46.4 Å². The lowest BCUT2D eigenvalue weighted by Gasteiger charge is -2.59. The zero-order valence-electron chi connectivity index (χ0n) is 20.5. The lowest BCUT2D eigenvalue weighted by atomic mass is 9.46. The van der Waals surface area contributed by atoms with E-state index in [1.165, 1.54) is 30.5 Å². The van der Waals surface area contributed by atoms with Crippen molar-refractivity contribution in [3.63, 3.8) is 0 Å². The molecule has 9 heteroatoms. The van der Waals surface area contributed by atoms with Crippen molar-refractivity contribution in [1.29, 1.82) is 0 Å². The molecule has 4 aliphatic carbocycles. The second kappa shape index (κ2) is 8.65. The van der Waals surface area contributed by atoms with Crippen LogP contribution in [0.2, 0.25) is 0 Å². The molecule has 4 aliphatic rings. The minimum atomic E-state index is -1.68. The number of rotatable bonds is 4.